The predicted octanol–water partition coefficient (Wildman–Crippen LogP) is 3.38. The Morgan fingerprint density at radius 2 is 1.85 bits per heavy atom. The van der Waals surface area contributed by atoms with Gasteiger partial charge in [0.2, 0.25) is 5.91 Å². The highest BCUT2D eigenvalue weighted by Crippen LogP contribution is 2.26. The Bertz CT molecular complexity index is 656. The van der Waals surface area contributed by atoms with Gasteiger partial charge in [-0.05, 0) is 45.6 Å². The number of hydrogen-bond acceptors (Lipinski definition) is 4. The van der Waals surface area contributed by atoms with Crippen LogP contribution in [0.2, 0.25) is 0 Å². The highest BCUT2D eigenvalue weighted by molar-refractivity contribution is 5.86. The topological polar surface area (TPSA) is 59.1 Å². The van der Waals surface area contributed by atoms with Crippen LogP contribution in [-0.2, 0) is 14.3 Å². The summed E-state index contributed by atoms with van der Waals surface area (Å²) in [4.78, 5) is 29.3. The average molecular weight is 374 g/mol. The lowest BCUT2D eigenvalue weighted by molar-refractivity contribution is -0.145. The van der Waals surface area contributed by atoms with E-state index in [-0.39, 0.29) is 12.0 Å². The number of benzene rings is 1. The Kier molecular flexibility index (Phi) is 6.05. The van der Waals surface area contributed by atoms with E-state index >= 15 is 0 Å². The molecule has 0 N–H and O–H groups in total. The van der Waals surface area contributed by atoms with E-state index in [9.17, 15) is 9.59 Å². The molecule has 148 valence electrons. The van der Waals surface area contributed by atoms with Gasteiger partial charge in [0, 0.05) is 13.1 Å². The van der Waals surface area contributed by atoms with Crippen molar-refractivity contribution >= 4 is 12.0 Å². The van der Waals surface area contributed by atoms with Crippen LogP contribution in [0.3, 0.4) is 0 Å². The lowest BCUT2D eigenvalue weighted by atomic mass is 10.0. The maximum Gasteiger partial charge on any atom is 0.410 e. The third-order valence-corrected chi connectivity index (χ3v) is 4.97. The van der Waals surface area contributed by atoms with Gasteiger partial charge in [-0.3, -0.25) is 9.69 Å². The number of carbonyl (C=O) groups excluding carboxylic acids is 2. The van der Waals surface area contributed by atoms with E-state index in [0.717, 1.165) is 18.4 Å². The van der Waals surface area contributed by atoms with Crippen molar-refractivity contribution in [2.45, 2.75) is 57.8 Å². The van der Waals surface area contributed by atoms with Gasteiger partial charge in [0.15, 0.2) is 0 Å². The second-order valence-electron chi connectivity index (χ2n) is 8.24. The molecule has 0 aliphatic carbocycles. The number of hydrogen-bond donors (Lipinski definition) is 0. The van der Waals surface area contributed by atoms with Gasteiger partial charge in [-0.1, -0.05) is 30.3 Å². The first kappa shape index (κ1) is 19.7. The van der Waals surface area contributed by atoms with Crippen molar-refractivity contribution in [3.05, 3.63) is 35.9 Å². The third-order valence-electron chi connectivity index (χ3n) is 4.97. The molecule has 6 heteroatoms. The van der Waals surface area contributed by atoms with Gasteiger partial charge in [-0.25, -0.2) is 4.79 Å². The summed E-state index contributed by atoms with van der Waals surface area (Å²) < 4.78 is 11.4. The monoisotopic (exact) mass is 374 g/mol. The molecule has 2 atom stereocenters. The number of carbonyl (C=O) groups is 2. The molecule has 0 unspecified atom stereocenters. The van der Waals surface area contributed by atoms with Crippen molar-refractivity contribution in [3.63, 3.8) is 0 Å². The highest BCUT2D eigenvalue weighted by atomic mass is 16.6. The van der Waals surface area contributed by atoms with Crippen LogP contribution in [0.25, 0.3) is 0 Å². The Morgan fingerprint density at radius 1 is 1.11 bits per heavy atom. The van der Waals surface area contributed by atoms with Gasteiger partial charge in [-0.15, -0.1) is 0 Å². The second kappa shape index (κ2) is 8.30. The summed E-state index contributed by atoms with van der Waals surface area (Å²) in [6, 6.07) is 9.52. The number of piperidine rings is 1. The third kappa shape index (κ3) is 5.01. The van der Waals surface area contributed by atoms with Gasteiger partial charge in [0.25, 0.3) is 0 Å². The van der Waals surface area contributed by atoms with Crippen molar-refractivity contribution in [1.82, 2.24) is 9.80 Å². The van der Waals surface area contributed by atoms with Crippen LogP contribution >= 0.6 is 0 Å². The van der Waals surface area contributed by atoms with Gasteiger partial charge in [-0.2, -0.15) is 0 Å². The first-order valence-electron chi connectivity index (χ1n) is 9.80. The largest absolute Gasteiger partial charge is 0.444 e. The van der Waals surface area contributed by atoms with Crippen LogP contribution in [-0.4, -0.2) is 59.7 Å². The molecule has 1 aromatic rings. The van der Waals surface area contributed by atoms with E-state index in [2.05, 4.69) is 0 Å². The average Bonchev–Trinajstić information content (AvgIpc) is 2.67. The minimum atomic E-state index is -0.570. The summed E-state index contributed by atoms with van der Waals surface area (Å²) in [5.74, 6) is 0.00444. The van der Waals surface area contributed by atoms with Gasteiger partial charge in [0.05, 0.1) is 13.2 Å². The molecule has 0 spiro atoms. The van der Waals surface area contributed by atoms with Crippen LogP contribution in [0.1, 0.15) is 51.7 Å². The van der Waals surface area contributed by atoms with Gasteiger partial charge < -0.3 is 14.4 Å². The number of amides is 2. The summed E-state index contributed by atoms with van der Waals surface area (Å²) in [6.07, 6.45) is 2.02. The van der Waals surface area contributed by atoms with E-state index in [1.54, 1.807) is 4.90 Å². The normalized spacial score (nSPS) is 23.8. The lowest BCUT2D eigenvalue weighted by Crippen LogP contribution is -2.56. The molecule has 6 nitrogen and oxygen atoms in total. The SMILES string of the molecule is CC(C)(C)OC(=O)N1CCCC[C@H]1C(=O)N1CCO[C@H](c2ccccc2)C1. The van der Waals surface area contributed by atoms with Crippen molar-refractivity contribution in [2.75, 3.05) is 26.2 Å². The summed E-state index contributed by atoms with van der Waals surface area (Å²) in [5, 5.41) is 0. The minimum absolute atomic E-state index is 0.00444. The fraction of sp³-hybridized carbons (Fsp3) is 0.619. The van der Waals surface area contributed by atoms with E-state index in [4.69, 9.17) is 9.47 Å². The summed E-state index contributed by atoms with van der Waals surface area (Å²) in [7, 11) is 0. The molecule has 0 bridgehead atoms. The molecule has 0 radical (unpaired) electrons. The van der Waals surface area contributed by atoms with Crippen LogP contribution in [0.5, 0.6) is 0 Å². The van der Waals surface area contributed by atoms with Crippen LogP contribution in [0.4, 0.5) is 4.79 Å². The molecule has 2 fully saturated rings. The molecule has 0 aromatic heterocycles. The zero-order valence-electron chi connectivity index (χ0n) is 16.5. The Hall–Kier alpha value is -2.08. The van der Waals surface area contributed by atoms with E-state index in [0.29, 0.717) is 32.7 Å². The number of rotatable bonds is 2. The Labute approximate surface area is 161 Å². The van der Waals surface area contributed by atoms with E-state index in [1.165, 1.54) is 0 Å². The molecule has 3 rings (SSSR count). The Morgan fingerprint density at radius 3 is 2.56 bits per heavy atom. The number of nitrogens with zero attached hydrogens (tertiary/aromatic N) is 2. The molecular weight excluding hydrogens is 344 g/mol. The van der Waals surface area contributed by atoms with E-state index in [1.807, 2.05) is 56.0 Å². The van der Waals surface area contributed by atoms with Crippen LogP contribution < -0.4 is 0 Å². The quantitative estimate of drug-likeness (QED) is 0.796. The maximum absolute atomic E-state index is 13.2. The highest BCUT2D eigenvalue weighted by Gasteiger charge is 2.38. The molecule has 0 saturated carbocycles. The number of ether oxygens (including phenoxy) is 2. The molecular formula is C21H30N2O4. The summed E-state index contributed by atoms with van der Waals surface area (Å²) in [5.41, 5.74) is 0.502. The first-order valence-corrected chi connectivity index (χ1v) is 9.80. The predicted molar refractivity (Wildman–Crippen MR) is 102 cm³/mol. The molecule has 2 saturated heterocycles. The second-order valence-corrected chi connectivity index (χ2v) is 8.24. The first-order chi connectivity index (χ1) is 12.8. The van der Waals surface area contributed by atoms with Crippen LogP contribution in [0.15, 0.2) is 30.3 Å². The minimum Gasteiger partial charge on any atom is -0.444 e. The van der Waals surface area contributed by atoms with Crippen molar-refractivity contribution < 1.29 is 19.1 Å². The standard InChI is InChI=1S/C21H30N2O4/c1-21(2,3)27-20(25)23-12-8-7-11-17(23)19(24)22-13-14-26-18(15-22)16-9-5-4-6-10-16/h4-6,9-10,17-18H,7-8,11-15H2,1-3H3/t17-,18-/m0/s1. The van der Waals surface area contributed by atoms with Crippen molar-refractivity contribution in [3.8, 4) is 0 Å². The molecule has 2 aliphatic rings. The van der Waals surface area contributed by atoms with Gasteiger partial charge >= 0.3 is 6.09 Å². The molecule has 1 aromatic carbocycles. The molecule has 2 amide bonds. The van der Waals surface area contributed by atoms with Gasteiger partial charge in [0.1, 0.15) is 17.7 Å². The molecule has 2 heterocycles. The van der Waals surface area contributed by atoms with Crippen molar-refractivity contribution in [1.29, 1.82) is 0 Å². The smallest absolute Gasteiger partial charge is 0.410 e. The fourth-order valence-electron chi connectivity index (χ4n) is 3.66. The number of likely N-dealkylation sites (tertiary alicyclic amines) is 1. The molecule has 27 heavy (non-hydrogen) atoms. The lowest BCUT2D eigenvalue weighted by Gasteiger charge is -2.40. The summed E-state index contributed by atoms with van der Waals surface area (Å²) >= 11 is 0. The fourth-order valence-corrected chi connectivity index (χ4v) is 3.66. The summed E-state index contributed by atoms with van der Waals surface area (Å²) in [6.45, 7) is 7.68. The van der Waals surface area contributed by atoms with Crippen LogP contribution in [0, 0.1) is 0 Å². The zero-order valence-corrected chi connectivity index (χ0v) is 16.5. The number of morpholine rings is 1. The van der Waals surface area contributed by atoms with E-state index < -0.39 is 17.7 Å². The van der Waals surface area contributed by atoms with Crippen molar-refractivity contribution in [2.24, 2.45) is 0 Å². The maximum atomic E-state index is 13.2. The zero-order chi connectivity index (χ0) is 19.4. The molecule has 2 aliphatic heterocycles. The Balaban J connectivity index is 1.69.